The summed E-state index contributed by atoms with van der Waals surface area (Å²) in [6.07, 6.45) is 3.18. The molecule has 1 aromatic heterocycles. The summed E-state index contributed by atoms with van der Waals surface area (Å²) in [5.41, 5.74) is 1.37. The summed E-state index contributed by atoms with van der Waals surface area (Å²) in [6, 6.07) is 6.25. The summed E-state index contributed by atoms with van der Waals surface area (Å²) in [4.78, 5) is 0. The molecule has 0 amide bonds. The van der Waals surface area contributed by atoms with Crippen molar-refractivity contribution in [2.24, 2.45) is 7.05 Å². The molecule has 1 nitrogen and oxygen atoms in total. The first-order valence-electron chi connectivity index (χ1n) is 3.28. The Hall–Kier alpha value is -0.850. The molecule has 1 heterocycles. The van der Waals surface area contributed by atoms with Crippen molar-refractivity contribution >= 4 is 0 Å². The Morgan fingerprint density at radius 3 is 2.67 bits per heavy atom. The zero-order valence-electron chi connectivity index (χ0n) is 5.96. The largest absolute Gasteiger partial charge is 0.205 e. The zero-order valence-corrected chi connectivity index (χ0v) is 5.96. The van der Waals surface area contributed by atoms with Crippen LogP contribution in [0.1, 0.15) is 12.6 Å². The number of hydrogen-bond acceptors (Lipinski definition) is 0. The highest BCUT2D eigenvalue weighted by atomic mass is 14.9. The lowest BCUT2D eigenvalue weighted by molar-refractivity contribution is -0.679. The van der Waals surface area contributed by atoms with Gasteiger partial charge in [-0.2, -0.15) is 0 Å². The van der Waals surface area contributed by atoms with E-state index in [9.17, 15) is 0 Å². The normalized spacial score (nSPS) is 9.56. The van der Waals surface area contributed by atoms with Crippen LogP contribution in [-0.2, 0) is 13.5 Å². The highest BCUT2D eigenvalue weighted by Crippen LogP contribution is 1.89. The maximum Gasteiger partial charge on any atom is 0.180 e. The van der Waals surface area contributed by atoms with Crippen LogP contribution in [0.25, 0.3) is 0 Å². The fourth-order valence-electron chi connectivity index (χ4n) is 0.926. The van der Waals surface area contributed by atoms with Gasteiger partial charge in [-0.15, -0.1) is 0 Å². The van der Waals surface area contributed by atoms with E-state index in [0.717, 1.165) is 6.42 Å². The molecule has 0 aromatic carbocycles. The predicted octanol–water partition coefficient (Wildman–Crippen LogP) is 1.07. The van der Waals surface area contributed by atoms with Gasteiger partial charge in [-0.05, 0) is 0 Å². The number of pyridine rings is 1. The van der Waals surface area contributed by atoms with Gasteiger partial charge in [0.1, 0.15) is 7.05 Å². The van der Waals surface area contributed by atoms with Crippen molar-refractivity contribution in [1.29, 1.82) is 0 Å². The summed E-state index contributed by atoms with van der Waals surface area (Å²) in [5.74, 6) is 0. The predicted molar refractivity (Wildman–Crippen MR) is 37.0 cm³/mol. The standard InChI is InChI=1S/C8H12N/c1-3-8-6-4-5-7-9(8)2/h4-7H,3H2,1-2H3/q+1. The van der Waals surface area contributed by atoms with Crippen molar-refractivity contribution < 1.29 is 4.57 Å². The van der Waals surface area contributed by atoms with E-state index in [1.807, 2.05) is 6.07 Å². The van der Waals surface area contributed by atoms with Crippen molar-refractivity contribution in [3.8, 4) is 0 Å². The van der Waals surface area contributed by atoms with Crippen molar-refractivity contribution in [1.82, 2.24) is 0 Å². The van der Waals surface area contributed by atoms with Gasteiger partial charge in [-0.3, -0.25) is 0 Å². The van der Waals surface area contributed by atoms with Crippen molar-refractivity contribution in [2.75, 3.05) is 0 Å². The number of aromatic nitrogens is 1. The summed E-state index contributed by atoms with van der Waals surface area (Å²) in [6.45, 7) is 2.16. The summed E-state index contributed by atoms with van der Waals surface area (Å²) in [5, 5.41) is 0. The van der Waals surface area contributed by atoms with E-state index in [4.69, 9.17) is 0 Å². The minimum Gasteiger partial charge on any atom is -0.205 e. The maximum atomic E-state index is 2.16. The van der Waals surface area contributed by atoms with E-state index in [2.05, 4.69) is 36.9 Å². The third-order valence-corrected chi connectivity index (χ3v) is 1.52. The molecule has 1 aromatic rings. The monoisotopic (exact) mass is 122 g/mol. The number of aryl methyl sites for hydroxylation is 2. The Labute approximate surface area is 56.0 Å². The fourth-order valence-corrected chi connectivity index (χ4v) is 0.926. The van der Waals surface area contributed by atoms with E-state index in [-0.39, 0.29) is 0 Å². The molecule has 0 saturated carbocycles. The third-order valence-electron chi connectivity index (χ3n) is 1.52. The second-order valence-corrected chi connectivity index (χ2v) is 2.16. The average molecular weight is 122 g/mol. The van der Waals surface area contributed by atoms with Crippen LogP contribution >= 0.6 is 0 Å². The van der Waals surface area contributed by atoms with Crippen LogP contribution in [0.5, 0.6) is 0 Å². The van der Waals surface area contributed by atoms with Gasteiger partial charge >= 0.3 is 0 Å². The van der Waals surface area contributed by atoms with Crippen LogP contribution in [0, 0.1) is 0 Å². The van der Waals surface area contributed by atoms with Crippen LogP contribution in [0.4, 0.5) is 0 Å². The van der Waals surface area contributed by atoms with Gasteiger partial charge in [0, 0.05) is 18.6 Å². The van der Waals surface area contributed by atoms with Crippen LogP contribution in [0.3, 0.4) is 0 Å². The second-order valence-electron chi connectivity index (χ2n) is 2.16. The van der Waals surface area contributed by atoms with E-state index in [0.29, 0.717) is 0 Å². The van der Waals surface area contributed by atoms with Gasteiger partial charge in [0.2, 0.25) is 0 Å². The SMILES string of the molecule is CCc1cccc[n+]1C. The van der Waals surface area contributed by atoms with Gasteiger partial charge in [0.25, 0.3) is 0 Å². The molecule has 1 heteroatoms. The molecule has 0 atom stereocenters. The van der Waals surface area contributed by atoms with Crippen LogP contribution in [-0.4, -0.2) is 0 Å². The molecule has 0 aliphatic rings. The molecular weight excluding hydrogens is 110 g/mol. The lowest BCUT2D eigenvalue weighted by Gasteiger charge is -1.91. The first-order chi connectivity index (χ1) is 4.34. The minimum atomic E-state index is 1.11. The van der Waals surface area contributed by atoms with Gasteiger partial charge < -0.3 is 0 Å². The van der Waals surface area contributed by atoms with Crippen molar-refractivity contribution in [2.45, 2.75) is 13.3 Å². The lowest BCUT2D eigenvalue weighted by atomic mass is 10.3. The van der Waals surface area contributed by atoms with Crippen molar-refractivity contribution in [3.05, 3.63) is 30.1 Å². The Balaban J connectivity index is 3.01. The molecule has 0 saturated heterocycles. The minimum absolute atomic E-state index is 1.11. The fraction of sp³-hybridized carbons (Fsp3) is 0.375. The molecule has 1 rings (SSSR count). The number of hydrogen-bond donors (Lipinski definition) is 0. The summed E-state index contributed by atoms with van der Waals surface area (Å²) >= 11 is 0. The second kappa shape index (κ2) is 2.62. The average Bonchev–Trinajstić information content (AvgIpc) is 1.89. The summed E-state index contributed by atoms with van der Waals surface area (Å²) in [7, 11) is 2.07. The Bertz CT molecular complexity index is 194. The molecule has 0 unspecified atom stereocenters. The quantitative estimate of drug-likeness (QED) is 0.491. The first-order valence-corrected chi connectivity index (χ1v) is 3.28. The van der Waals surface area contributed by atoms with E-state index in [1.54, 1.807) is 0 Å². The molecule has 0 spiro atoms. The first kappa shape index (κ1) is 6.27. The molecule has 0 aliphatic heterocycles. The van der Waals surface area contributed by atoms with Gasteiger partial charge in [0.05, 0.1) is 0 Å². The molecule has 48 valence electrons. The highest BCUT2D eigenvalue weighted by molar-refractivity contribution is 4.96. The smallest absolute Gasteiger partial charge is 0.180 e. The van der Waals surface area contributed by atoms with Gasteiger partial charge in [-0.1, -0.05) is 13.0 Å². The van der Waals surface area contributed by atoms with Gasteiger partial charge in [-0.25, -0.2) is 4.57 Å². The van der Waals surface area contributed by atoms with Crippen LogP contribution in [0.2, 0.25) is 0 Å². The topological polar surface area (TPSA) is 3.88 Å². The molecule has 9 heavy (non-hydrogen) atoms. The number of nitrogens with zero attached hydrogens (tertiary/aromatic N) is 1. The Morgan fingerprint density at radius 2 is 2.22 bits per heavy atom. The molecule has 0 bridgehead atoms. The summed E-state index contributed by atoms with van der Waals surface area (Å²) < 4.78 is 2.14. The number of rotatable bonds is 1. The molecule has 0 fully saturated rings. The zero-order chi connectivity index (χ0) is 6.69. The van der Waals surface area contributed by atoms with Crippen molar-refractivity contribution in [3.63, 3.8) is 0 Å². The molecule has 0 aliphatic carbocycles. The Kier molecular flexibility index (Phi) is 1.83. The maximum absolute atomic E-state index is 2.16. The highest BCUT2D eigenvalue weighted by Gasteiger charge is 1.97. The third kappa shape index (κ3) is 1.28. The molecule has 0 radical (unpaired) electrons. The molecule has 0 N–H and O–H groups in total. The van der Waals surface area contributed by atoms with E-state index < -0.39 is 0 Å². The van der Waals surface area contributed by atoms with Gasteiger partial charge in [0.15, 0.2) is 11.9 Å². The molecular formula is C8H12N+. The van der Waals surface area contributed by atoms with E-state index in [1.165, 1.54) is 5.69 Å². The van der Waals surface area contributed by atoms with Crippen LogP contribution in [0.15, 0.2) is 24.4 Å². The lowest BCUT2D eigenvalue weighted by Crippen LogP contribution is -2.32. The Morgan fingerprint density at radius 1 is 1.44 bits per heavy atom. The van der Waals surface area contributed by atoms with Crippen LogP contribution < -0.4 is 4.57 Å². The van der Waals surface area contributed by atoms with E-state index >= 15 is 0 Å².